The molecule has 16 heteroatoms. The number of nitro benzene ring substituents is 2. The van der Waals surface area contributed by atoms with Crippen molar-refractivity contribution in [1.82, 2.24) is 29.8 Å². The van der Waals surface area contributed by atoms with Gasteiger partial charge in [0.1, 0.15) is 17.5 Å². The van der Waals surface area contributed by atoms with Crippen molar-refractivity contribution in [3.8, 4) is 0 Å². The second-order valence-electron chi connectivity index (χ2n) is 13.1. The summed E-state index contributed by atoms with van der Waals surface area (Å²) in [5.41, 5.74) is 11.9. The second-order valence-corrected chi connectivity index (χ2v) is 13.1. The largest absolute Gasteiger partial charge is 0.399 e. The first-order chi connectivity index (χ1) is 28.4. The number of H-pyrrole nitrogens is 1. The van der Waals surface area contributed by atoms with Crippen molar-refractivity contribution in [3.05, 3.63) is 200 Å². The van der Waals surface area contributed by atoms with Gasteiger partial charge in [-0.25, -0.2) is 13.2 Å². The third-order valence-corrected chi connectivity index (χ3v) is 8.88. The molecule has 0 amide bonds. The van der Waals surface area contributed by atoms with Gasteiger partial charge >= 0.3 is 0 Å². The summed E-state index contributed by atoms with van der Waals surface area (Å²) in [4.78, 5) is 20.2. The predicted molar refractivity (Wildman–Crippen MR) is 220 cm³/mol. The second kappa shape index (κ2) is 18.8. The molecule has 0 atom stereocenters. The Bertz CT molecular complexity index is 2870. The minimum atomic E-state index is -0.441. The Morgan fingerprint density at radius 3 is 1.58 bits per heavy atom. The minimum Gasteiger partial charge on any atom is -0.399 e. The molecule has 0 unspecified atom stereocenters. The maximum atomic E-state index is 13.1. The van der Waals surface area contributed by atoms with Crippen molar-refractivity contribution in [2.45, 2.75) is 26.4 Å². The fourth-order valence-corrected chi connectivity index (χ4v) is 5.96. The summed E-state index contributed by atoms with van der Waals surface area (Å²) in [6.07, 6.45) is 5.80. The quantitative estimate of drug-likeness (QED) is 0.0909. The van der Waals surface area contributed by atoms with Gasteiger partial charge in [-0.05, 0) is 89.8 Å². The highest BCUT2D eigenvalue weighted by Crippen LogP contribution is 2.22. The summed E-state index contributed by atoms with van der Waals surface area (Å²) < 4.78 is 42.1. The molecule has 9 aromatic rings. The first kappa shape index (κ1) is 40.8. The van der Waals surface area contributed by atoms with E-state index in [-0.39, 0.29) is 28.8 Å². The molecule has 298 valence electrons. The van der Waals surface area contributed by atoms with Crippen LogP contribution in [0, 0.1) is 37.7 Å². The van der Waals surface area contributed by atoms with E-state index in [0.717, 1.165) is 50.4 Å². The van der Waals surface area contributed by atoms with Gasteiger partial charge in [0.25, 0.3) is 11.4 Å². The number of nitrogens with one attached hydrogen (secondary N) is 1. The normalized spacial score (nSPS) is 10.6. The minimum absolute atomic E-state index is 0.0304. The van der Waals surface area contributed by atoms with Gasteiger partial charge in [-0.3, -0.25) is 34.7 Å². The Morgan fingerprint density at radius 1 is 0.593 bits per heavy atom. The van der Waals surface area contributed by atoms with E-state index in [1.165, 1.54) is 54.6 Å². The molecule has 3 N–H and O–H groups in total. The molecular weight excluding hydrogens is 764 g/mol. The summed E-state index contributed by atoms with van der Waals surface area (Å²) in [6.45, 7) is 2.97. The topological polar surface area (TPSA) is 177 Å². The molecule has 0 aliphatic heterocycles. The number of nitrogens with zero attached hydrogens (tertiary/aromatic N) is 7. The van der Waals surface area contributed by atoms with Gasteiger partial charge in [-0.1, -0.05) is 43.3 Å². The van der Waals surface area contributed by atoms with Crippen LogP contribution in [-0.2, 0) is 19.5 Å². The van der Waals surface area contributed by atoms with Crippen molar-refractivity contribution in [2.24, 2.45) is 0 Å². The summed E-state index contributed by atoms with van der Waals surface area (Å²) in [5, 5.41) is 38.5. The molecule has 13 nitrogen and oxygen atoms in total. The zero-order chi connectivity index (χ0) is 41.9. The molecule has 0 aliphatic rings. The molecule has 6 aromatic carbocycles. The average Bonchev–Trinajstić information content (AvgIpc) is 3.97. The number of nitrogens with two attached hydrogens (primary N) is 1. The maximum Gasteiger partial charge on any atom is 0.270 e. The van der Waals surface area contributed by atoms with Crippen molar-refractivity contribution < 1.29 is 23.0 Å². The Hall–Kier alpha value is -7.88. The molecular formula is C43H36F3N9O4. The molecule has 0 saturated heterocycles. The SMILES string of the molecule is CCc1cccc(F)c1.Nc1ccc2c(cnn2Cc2cccc(F)c2)c1.O=[N+]([O-])c1ccc2[nH]ncc2c1.O=[N+]([O-])c1ccc2c(cnn2Cc2cccc(F)c2)c1. The molecule has 9 rings (SSSR count). The number of anilines is 1. The lowest BCUT2D eigenvalue weighted by molar-refractivity contribution is -0.384. The van der Waals surface area contributed by atoms with E-state index in [0.29, 0.717) is 24.2 Å². The number of hydrogen-bond donors (Lipinski definition) is 2. The van der Waals surface area contributed by atoms with E-state index >= 15 is 0 Å². The fraction of sp³-hybridized carbons (Fsp3) is 0.0930. The Morgan fingerprint density at radius 2 is 1.07 bits per heavy atom. The molecule has 3 aromatic heterocycles. The fourth-order valence-electron chi connectivity index (χ4n) is 5.96. The number of fused-ring (bicyclic) bond motifs is 3. The van der Waals surface area contributed by atoms with E-state index in [1.807, 2.05) is 48.0 Å². The number of aromatic amines is 1. The molecule has 0 spiro atoms. The van der Waals surface area contributed by atoms with Gasteiger partial charge in [-0.2, -0.15) is 15.3 Å². The first-order valence-corrected chi connectivity index (χ1v) is 18.1. The van der Waals surface area contributed by atoms with Crippen LogP contribution in [0.15, 0.2) is 146 Å². The van der Waals surface area contributed by atoms with Gasteiger partial charge in [-0.15, -0.1) is 0 Å². The van der Waals surface area contributed by atoms with Gasteiger partial charge in [0, 0.05) is 46.1 Å². The van der Waals surface area contributed by atoms with Crippen molar-refractivity contribution in [1.29, 1.82) is 0 Å². The van der Waals surface area contributed by atoms with Crippen LogP contribution in [0.2, 0.25) is 0 Å². The number of benzene rings is 6. The number of halogens is 3. The lowest BCUT2D eigenvalue weighted by Crippen LogP contribution is -2.01. The molecule has 0 aliphatic carbocycles. The van der Waals surface area contributed by atoms with E-state index in [4.69, 9.17) is 5.73 Å². The summed E-state index contributed by atoms with van der Waals surface area (Å²) >= 11 is 0. The average molecular weight is 800 g/mol. The van der Waals surface area contributed by atoms with Crippen molar-refractivity contribution in [3.63, 3.8) is 0 Å². The third kappa shape index (κ3) is 10.9. The van der Waals surface area contributed by atoms with Crippen LogP contribution in [0.5, 0.6) is 0 Å². The summed E-state index contributed by atoms with van der Waals surface area (Å²) in [7, 11) is 0. The molecule has 0 saturated carbocycles. The summed E-state index contributed by atoms with van der Waals surface area (Å²) in [6, 6.07) is 34.3. The van der Waals surface area contributed by atoms with Crippen LogP contribution in [-0.4, -0.2) is 39.6 Å². The highest BCUT2D eigenvalue weighted by molar-refractivity contribution is 5.82. The lowest BCUT2D eigenvalue weighted by atomic mass is 10.2. The van der Waals surface area contributed by atoms with Crippen LogP contribution >= 0.6 is 0 Å². The highest BCUT2D eigenvalue weighted by Gasteiger charge is 2.11. The van der Waals surface area contributed by atoms with Crippen LogP contribution < -0.4 is 5.73 Å². The first-order valence-electron chi connectivity index (χ1n) is 18.1. The molecule has 0 fully saturated rings. The Balaban J connectivity index is 0.000000138. The van der Waals surface area contributed by atoms with Crippen LogP contribution in [0.25, 0.3) is 32.7 Å². The van der Waals surface area contributed by atoms with Gasteiger partial charge in [0.15, 0.2) is 0 Å². The van der Waals surface area contributed by atoms with Gasteiger partial charge in [0.2, 0.25) is 0 Å². The van der Waals surface area contributed by atoms with Crippen molar-refractivity contribution in [2.75, 3.05) is 5.73 Å². The number of nitrogen functional groups attached to an aromatic ring is 1. The van der Waals surface area contributed by atoms with Crippen LogP contribution in [0.3, 0.4) is 0 Å². The number of aryl methyl sites for hydroxylation is 1. The van der Waals surface area contributed by atoms with Gasteiger partial charge in [0.05, 0.1) is 58.1 Å². The standard InChI is InChI=1S/C14H10FN3O2.C14H12FN3.C8H9F.C7H5N3O2/c15-12-3-1-2-10(6-12)9-17-14-5-4-13(18(19)20)7-11(14)8-16-17;15-12-3-1-2-10(6-12)9-18-14-5-4-13(16)7-11(14)8-17-18;1-2-7-4-3-5-8(9)6-7;11-10(12)6-1-2-7-5(3-6)4-8-9-7/h1-8H,9H2;1-8H,9,16H2;3-6H,2H2,1H3;1-4H,(H,8,9). The lowest BCUT2D eigenvalue weighted by Gasteiger charge is -2.04. The monoisotopic (exact) mass is 799 g/mol. The number of aromatic nitrogens is 6. The third-order valence-electron chi connectivity index (χ3n) is 8.88. The van der Waals surface area contributed by atoms with Crippen LogP contribution in [0.4, 0.5) is 30.2 Å². The van der Waals surface area contributed by atoms with E-state index in [2.05, 4.69) is 20.4 Å². The van der Waals surface area contributed by atoms with Gasteiger partial charge < -0.3 is 5.73 Å². The van der Waals surface area contributed by atoms with E-state index in [9.17, 15) is 33.4 Å². The highest BCUT2D eigenvalue weighted by atomic mass is 19.1. The zero-order valence-corrected chi connectivity index (χ0v) is 31.5. The number of nitro groups is 2. The number of non-ortho nitro benzene ring substituents is 2. The predicted octanol–water partition coefficient (Wildman–Crippen LogP) is 9.80. The van der Waals surface area contributed by atoms with E-state index in [1.54, 1.807) is 59.7 Å². The smallest absolute Gasteiger partial charge is 0.270 e. The maximum absolute atomic E-state index is 13.1. The Labute approximate surface area is 334 Å². The van der Waals surface area contributed by atoms with Crippen molar-refractivity contribution >= 4 is 49.8 Å². The molecule has 59 heavy (non-hydrogen) atoms. The number of hydrogen-bond acceptors (Lipinski definition) is 8. The molecule has 0 bridgehead atoms. The molecule has 3 heterocycles. The number of rotatable bonds is 7. The summed E-state index contributed by atoms with van der Waals surface area (Å²) in [5.74, 6) is -0.669. The zero-order valence-electron chi connectivity index (χ0n) is 31.5. The molecule has 0 radical (unpaired) electrons. The van der Waals surface area contributed by atoms with E-state index < -0.39 is 9.85 Å². The Kier molecular flexibility index (Phi) is 13.0. The van der Waals surface area contributed by atoms with Crippen LogP contribution in [0.1, 0.15) is 23.6 Å².